The van der Waals surface area contributed by atoms with Crippen molar-refractivity contribution in [3.05, 3.63) is 52.8 Å². The van der Waals surface area contributed by atoms with Crippen molar-refractivity contribution >= 4 is 28.3 Å². The highest BCUT2D eigenvalue weighted by Crippen LogP contribution is 2.30. The summed E-state index contributed by atoms with van der Waals surface area (Å²) in [7, 11) is 0. The number of anilines is 2. The van der Waals surface area contributed by atoms with Crippen LogP contribution in [0.5, 0.6) is 5.75 Å². The van der Waals surface area contributed by atoms with Crippen LogP contribution in [-0.4, -0.2) is 27.8 Å². The van der Waals surface area contributed by atoms with Gasteiger partial charge in [-0.15, -0.1) is 18.3 Å². The van der Waals surface area contributed by atoms with Crippen molar-refractivity contribution in [1.82, 2.24) is 15.4 Å². The highest BCUT2D eigenvalue weighted by Gasteiger charge is 2.32. The lowest BCUT2D eigenvalue weighted by Crippen LogP contribution is -2.22. The maximum atomic E-state index is 12.4. The van der Waals surface area contributed by atoms with Gasteiger partial charge in [0.15, 0.2) is 5.75 Å². The summed E-state index contributed by atoms with van der Waals surface area (Å²) in [6, 6.07) is 8.57. The molecule has 0 spiro atoms. The number of H-pyrrole nitrogens is 1. The van der Waals surface area contributed by atoms with E-state index in [-0.39, 0.29) is 16.8 Å². The van der Waals surface area contributed by atoms with E-state index >= 15 is 0 Å². The number of alkyl halides is 3. The second kappa shape index (κ2) is 6.70. The van der Waals surface area contributed by atoms with Gasteiger partial charge in [0.2, 0.25) is 0 Å². The van der Waals surface area contributed by atoms with E-state index in [0.29, 0.717) is 5.52 Å². The molecule has 0 fully saturated rings. The van der Waals surface area contributed by atoms with Gasteiger partial charge in [0.25, 0.3) is 5.56 Å². The molecular formula is C15H10F3N5O3. The zero-order chi connectivity index (χ0) is 18.7. The van der Waals surface area contributed by atoms with Gasteiger partial charge in [0.05, 0.1) is 11.1 Å². The number of aromatic amines is 1. The summed E-state index contributed by atoms with van der Waals surface area (Å²) in [6.45, 7) is 0. The molecule has 0 radical (unpaired) electrons. The second-order valence-electron chi connectivity index (χ2n) is 5.00. The molecule has 0 atom stereocenters. The normalized spacial score (nSPS) is 11.2. The minimum atomic E-state index is -4.89. The number of benzene rings is 2. The Hall–Kier alpha value is -3.63. The van der Waals surface area contributed by atoms with Gasteiger partial charge in [0, 0.05) is 5.69 Å². The molecule has 1 aromatic heterocycles. The number of halogens is 3. The van der Waals surface area contributed by atoms with E-state index in [1.165, 1.54) is 36.4 Å². The predicted octanol–water partition coefficient (Wildman–Crippen LogP) is 2.86. The molecule has 0 aliphatic heterocycles. The molecule has 3 N–H and O–H groups in total. The Kier molecular flexibility index (Phi) is 4.43. The van der Waals surface area contributed by atoms with Crippen molar-refractivity contribution in [3.63, 3.8) is 0 Å². The number of rotatable bonds is 3. The lowest BCUT2D eigenvalue weighted by molar-refractivity contribution is -0.274. The Morgan fingerprint density at radius 2 is 1.88 bits per heavy atom. The molecule has 8 nitrogen and oxygen atoms in total. The van der Waals surface area contributed by atoms with Gasteiger partial charge in [-0.1, -0.05) is 17.3 Å². The zero-order valence-corrected chi connectivity index (χ0v) is 12.8. The fourth-order valence-electron chi connectivity index (χ4n) is 2.14. The van der Waals surface area contributed by atoms with E-state index < -0.39 is 23.7 Å². The molecular weight excluding hydrogens is 355 g/mol. The first kappa shape index (κ1) is 17.2. The molecule has 1 heterocycles. The van der Waals surface area contributed by atoms with Crippen molar-refractivity contribution in [2.45, 2.75) is 6.36 Å². The maximum absolute atomic E-state index is 12.4. The number of carbonyl (C=O) groups is 1. The number of amides is 2. The average molecular weight is 365 g/mol. The fraction of sp³-hybridized carbons (Fsp3) is 0.0667. The van der Waals surface area contributed by atoms with Gasteiger partial charge in [-0.05, 0) is 30.3 Å². The molecule has 2 amide bonds. The highest BCUT2D eigenvalue weighted by atomic mass is 19.4. The molecule has 0 saturated carbocycles. The summed E-state index contributed by atoms with van der Waals surface area (Å²) < 4.78 is 41.0. The van der Waals surface area contributed by atoms with Crippen LogP contribution in [0.1, 0.15) is 0 Å². The molecule has 3 rings (SSSR count). The third-order valence-corrected chi connectivity index (χ3v) is 3.17. The van der Waals surface area contributed by atoms with Gasteiger partial charge in [-0.2, -0.15) is 0 Å². The molecule has 3 aromatic rings. The monoisotopic (exact) mass is 365 g/mol. The number of carbonyl (C=O) groups excluding carboxylic acids is 1. The Morgan fingerprint density at radius 3 is 2.65 bits per heavy atom. The van der Waals surface area contributed by atoms with Crippen LogP contribution in [0.2, 0.25) is 0 Å². The third kappa shape index (κ3) is 4.06. The van der Waals surface area contributed by atoms with E-state index in [9.17, 15) is 22.8 Å². The van der Waals surface area contributed by atoms with Gasteiger partial charge in [0.1, 0.15) is 5.52 Å². The summed E-state index contributed by atoms with van der Waals surface area (Å²) in [5, 5.41) is 14.1. The van der Waals surface area contributed by atoms with Gasteiger partial charge in [-0.3, -0.25) is 4.79 Å². The molecule has 0 aliphatic rings. The van der Waals surface area contributed by atoms with Crippen molar-refractivity contribution < 1.29 is 22.7 Å². The van der Waals surface area contributed by atoms with Crippen molar-refractivity contribution in [1.29, 1.82) is 0 Å². The molecule has 0 aliphatic carbocycles. The molecule has 0 unspecified atom stereocenters. The predicted molar refractivity (Wildman–Crippen MR) is 85.9 cm³/mol. The summed E-state index contributed by atoms with van der Waals surface area (Å²) in [4.78, 5) is 23.7. The van der Waals surface area contributed by atoms with E-state index in [2.05, 4.69) is 30.8 Å². The molecule has 2 aromatic carbocycles. The van der Waals surface area contributed by atoms with Gasteiger partial charge >= 0.3 is 12.4 Å². The first-order valence-electron chi connectivity index (χ1n) is 7.10. The van der Waals surface area contributed by atoms with Crippen LogP contribution < -0.4 is 20.9 Å². The Balaban J connectivity index is 1.78. The highest BCUT2D eigenvalue weighted by molar-refractivity contribution is 6.01. The van der Waals surface area contributed by atoms with Crippen LogP contribution in [0.15, 0.2) is 47.3 Å². The van der Waals surface area contributed by atoms with E-state index in [1.54, 1.807) is 0 Å². The minimum absolute atomic E-state index is 0.174. The van der Waals surface area contributed by atoms with Crippen molar-refractivity contribution in [3.8, 4) is 5.75 Å². The topological polar surface area (TPSA) is 109 Å². The van der Waals surface area contributed by atoms with Crippen LogP contribution >= 0.6 is 0 Å². The number of ether oxygens (including phenoxy) is 1. The Morgan fingerprint density at radius 1 is 1.12 bits per heavy atom. The number of hydrogen-bond acceptors (Lipinski definition) is 5. The van der Waals surface area contributed by atoms with Crippen LogP contribution in [0.3, 0.4) is 0 Å². The lowest BCUT2D eigenvalue weighted by Gasteiger charge is -2.14. The summed E-state index contributed by atoms with van der Waals surface area (Å²) >= 11 is 0. The number of urea groups is 1. The standard InChI is InChI=1S/C15H10F3N5O3/c16-15(17,18)26-12-4-2-1-3-11(12)20-14(25)19-8-5-6-10-9(7-8)13(24)22-23-21-10/h1-7H,(H2,19,20,25)(H,21,22,24). The first-order chi connectivity index (χ1) is 12.3. The lowest BCUT2D eigenvalue weighted by atomic mass is 10.2. The number of hydrogen-bond donors (Lipinski definition) is 3. The number of aromatic nitrogens is 3. The number of nitrogens with one attached hydrogen (secondary N) is 3. The SMILES string of the molecule is O=C(Nc1ccc2nn[nH]c(=O)c2c1)Nc1ccccc1OC(F)(F)F. The smallest absolute Gasteiger partial charge is 0.404 e. The summed E-state index contributed by atoms with van der Waals surface area (Å²) in [6.07, 6.45) is -4.89. The minimum Gasteiger partial charge on any atom is -0.404 e. The Bertz CT molecular complexity index is 1020. The Labute approximate surface area is 143 Å². The molecule has 134 valence electrons. The number of para-hydroxylation sites is 2. The number of fused-ring (bicyclic) bond motifs is 1. The molecule has 0 saturated heterocycles. The zero-order valence-electron chi connectivity index (χ0n) is 12.8. The van der Waals surface area contributed by atoms with Crippen LogP contribution in [-0.2, 0) is 0 Å². The second-order valence-corrected chi connectivity index (χ2v) is 5.00. The fourth-order valence-corrected chi connectivity index (χ4v) is 2.14. The number of nitrogens with zero attached hydrogens (tertiary/aromatic N) is 2. The summed E-state index contributed by atoms with van der Waals surface area (Å²) in [5.74, 6) is -0.555. The molecule has 26 heavy (non-hydrogen) atoms. The van der Waals surface area contributed by atoms with E-state index in [0.717, 1.165) is 6.07 Å². The largest absolute Gasteiger partial charge is 0.573 e. The quantitative estimate of drug-likeness (QED) is 0.661. The maximum Gasteiger partial charge on any atom is 0.573 e. The average Bonchev–Trinajstić information content (AvgIpc) is 2.56. The molecule has 0 bridgehead atoms. The van der Waals surface area contributed by atoms with E-state index in [1.807, 2.05) is 0 Å². The first-order valence-corrected chi connectivity index (χ1v) is 7.10. The van der Waals surface area contributed by atoms with Gasteiger partial charge in [-0.25, -0.2) is 9.89 Å². The van der Waals surface area contributed by atoms with E-state index in [4.69, 9.17) is 0 Å². The van der Waals surface area contributed by atoms with Crippen LogP contribution in [0.4, 0.5) is 29.3 Å². The summed E-state index contributed by atoms with van der Waals surface area (Å²) in [5.41, 5.74) is -0.110. The molecule has 11 heteroatoms. The third-order valence-electron chi connectivity index (χ3n) is 3.17. The van der Waals surface area contributed by atoms with Crippen molar-refractivity contribution in [2.75, 3.05) is 10.6 Å². The van der Waals surface area contributed by atoms with Crippen LogP contribution in [0.25, 0.3) is 10.9 Å². The van der Waals surface area contributed by atoms with Crippen molar-refractivity contribution in [2.24, 2.45) is 0 Å². The van der Waals surface area contributed by atoms with Crippen LogP contribution in [0, 0.1) is 0 Å². The van der Waals surface area contributed by atoms with Gasteiger partial charge < -0.3 is 15.4 Å².